The minimum absolute atomic E-state index is 0.357. The summed E-state index contributed by atoms with van der Waals surface area (Å²) in [4.78, 5) is 9.97. The number of para-hydroxylation sites is 2. The van der Waals surface area contributed by atoms with Crippen molar-refractivity contribution in [1.29, 1.82) is 0 Å². The van der Waals surface area contributed by atoms with Gasteiger partial charge >= 0.3 is 0 Å². The highest BCUT2D eigenvalue weighted by molar-refractivity contribution is 5.74. The molecule has 4 aliphatic carbocycles. The van der Waals surface area contributed by atoms with E-state index in [0.29, 0.717) is 5.41 Å². The number of hydrogen-bond acceptors (Lipinski definition) is 2. The van der Waals surface area contributed by atoms with Crippen molar-refractivity contribution in [3.05, 3.63) is 35.7 Å². The van der Waals surface area contributed by atoms with E-state index < -0.39 is 0 Å². The Morgan fingerprint density at radius 2 is 1.38 bits per heavy atom. The minimum atomic E-state index is 0.357. The average molecular weight is 278 g/mol. The maximum absolute atomic E-state index is 5.10. The SMILES string of the molecule is Cc1nc2ccccc2nc1C12CC3CC(CC(C3)C1)C2. The van der Waals surface area contributed by atoms with Crippen LogP contribution in [0.5, 0.6) is 0 Å². The Morgan fingerprint density at radius 1 is 0.857 bits per heavy atom. The summed E-state index contributed by atoms with van der Waals surface area (Å²) >= 11 is 0. The number of hydrogen-bond donors (Lipinski definition) is 0. The van der Waals surface area contributed by atoms with Crippen LogP contribution in [0, 0.1) is 24.7 Å². The molecular formula is C19H22N2. The second kappa shape index (κ2) is 4.06. The zero-order valence-corrected chi connectivity index (χ0v) is 12.7. The zero-order valence-electron chi connectivity index (χ0n) is 12.7. The van der Waals surface area contributed by atoms with E-state index in [1.54, 1.807) is 0 Å². The van der Waals surface area contributed by atoms with Crippen LogP contribution in [0.3, 0.4) is 0 Å². The lowest BCUT2D eigenvalue weighted by molar-refractivity contribution is -0.00753. The first-order valence-corrected chi connectivity index (χ1v) is 8.46. The average Bonchev–Trinajstić information content (AvgIpc) is 2.45. The molecule has 21 heavy (non-hydrogen) atoms. The summed E-state index contributed by atoms with van der Waals surface area (Å²) in [5.41, 5.74) is 4.99. The summed E-state index contributed by atoms with van der Waals surface area (Å²) in [5.74, 6) is 2.89. The van der Waals surface area contributed by atoms with Crippen LogP contribution in [0.4, 0.5) is 0 Å². The first-order chi connectivity index (χ1) is 10.2. The Morgan fingerprint density at radius 3 is 1.95 bits per heavy atom. The van der Waals surface area contributed by atoms with E-state index in [-0.39, 0.29) is 0 Å². The van der Waals surface area contributed by atoms with Gasteiger partial charge < -0.3 is 0 Å². The van der Waals surface area contributed by atoms with Crippen LogP contribution in [0.25, 0.3) is 11.0 Å². The second-order valence-electron chi connectivity index (χ2n) is 7.84. The number of aryl methyl sites for hydroxylation is 1. The Bertz CT molecular complexity index is 683. The van der Waals surface area contributed by atoms with Gasteiger partial charge in [0.1, 0.15) is 0 Å². The molecule has 4 bridgehead atoms. The van der Waals surface area contributed by atoms with E-state index in [2.05, 4.69) is 31.2 Å². The van der Waals surface area contributed by atoms with Gasteiger partial charge in [0.15, 0.2) is 0 Å². The summed E-state index contributed by atoms with van der Waals surface area (Å²) < 4.78 is 0. The molecule has 4 aliphatic rings. The first-order valence-electron chi connectivity index (χ1n) is 8.46. The molecule has 2 heteroatoms. The molecule has 1 aromatic carbocycles. The molecule has 4 fully saturated rings. The Labute approximate surface area is 126 Å². The van der Waals surface area contributed by atoms with Gasteiger partial charge in [-0.05, 0) is 75.3 Å². The molecule has 4 saturated carbocycles. The molecule has 2 aromatic rings. The van der Waals surface area contributed by atoms with E-state index in [1.165, 1.54) is 49.9 Å². The minimum Gasteiger partial charge on any atom is -0.250 e. The molecular weight excluding hydrogens is 256 g/mol. The van der Waals surface area contributed by atoms with Crippen LogP contribution in [0.15, 0.2) is 24.3 Å². The molecule has 0 N–H and O–H groups in total. The van der Waals surface area contributed by atoms with Gasteiger partial charge in [0, 0.05) is 5.41 Å². The summed E-state index contributed by atoms with van der Waals surface area (Å²) in [6.45, 7) is 2.17. The van der Waals surface area contributed by atoms with E-state index >= 15 is 0 Å². The lowest BCUT2D eigenvalue weighted by atomic mass is 9.48. The van der Waals surface area contributed by atoms with Crippen molar-refractivity contribution in [1.82, 2.24) is 9.97 Å². The van der Waals surface area contributed by atoms with Gasteiger partial charge in [0.05, 0.1) is 22.4 Å². The first kappa shape index (κ1) is 12.1. The number of benzene rings is 1. The fourth-order valence-corrected chi connectivity index (χ4v) is 5.99. The third kappa shape index (κ3) is 1.71. The van der Waals surface area contributed by atoms with E-state index in [1.807, 2.05) is 0 Å². The fraction of sp³-hybridized carbons (Fsp3) is 0.579. The molecule has 0 spiro atoms. The molecule has 6 rings (SSSR count). The standard InChI is InChI=1S/C19H22N2/c1-12-18(21-17-5-3-2-4-16(17)20-12)19-9-13-6-14(10-19)8-15(7-13)11-19/h2-5,13-15H,6-11H2,1H3. The molecule has 0 aliphatic heterocycles. The van der Waals surface area contributed by atoms with Crippen molar-refractivity contribution in [3.63, 3.8) is 0 Å². The largest absolute Gasteiger partial charge is 0.250 e. The molecule has 0 atom stereocenters. The maximum atomic E-state index is 5.10. The highest BCUT2D eigenvalue weighted by atomic mass is 14.9. The molecule has 0 amide bonds. The molecule has 1 heterocycles. The van der Waals surface area contributed by atoms with Crippen molar-refractivity contribution in [3.8, 4) is 0 Å². The van der Waals surface area contributed by atoms with Gasteiger partial charge in [-0.25, -0.2) is 9.97 Å². The van der Waals surface area contributed by atoms with Gasteiger partial charge in [0.2, 0.25) is 0 Å². The van der Waals surface area contributed by atoms with Crippen molar-refractivity contribution in [2.75, 3.05) is 0 Å². The number of nitrogens with zero attached hydrogens (tertiary/aromatic N) is 2. The summed E-state index contributed by atoms with van der Waals surface area (Å²) in [6, 6.07) is 8.33. The Hall–Kier alpha value is -1.44. The lowest BCUT2D eigenvalue weighted by Crippen LogP contribution is -2.49. The normalized spacial score (nSPS) is 37.3. The summed E-state index contributed by atoms with van der Waals surface area (Å²) in [6.07, 6.45) is 8.56. The fourth-order valence-electron chi connectivity index (χ4n) is 5.99. The van der Waals surface area contributed by atoms with Gasteiger partial charge in [-0.15, -0.1) is 0 Å². The lowest BCUT2D eigenvalue weighted by Gasteiger charge is -2.56. The second-order valence-corrected chi connectivity index (χ2v) is 7.84. The van der Waals surface area contributed by atoms with Gasteiger partial charge in [0.25, 0.3) is 0 Å². The summed E-state index contributed by atoms with van der Waals surface area (Å²) in [7, 11) is 0. The molecule has 0 saturated heterocycles. The van der Waals surface area contributed by atoms with Crippen LogP contribution in [0.2, 0.25) is 0 Å². The predicted molar refractivity (Wildman–Crippen MR) is 84.1 cm³/mol. The quantitative estimate of drug-likeness (QED) is 0.772. The van der Waals surface area contributed by atoms with Crippen LogP contribution in [-0.2, 0) is 5.41 Å². The van der Waals surface area contributed by atoms with E-state index in [0.717, 1.165) is 28.8 Å². The highest BCUT2D eigenvalue weighted by Crippen LogP contribution is 2.60. The van der Waals surface area contributed by atoms with Crippen LogP contribution >= 0.6 is 0 Å². The maximum Gasteiger partial charge on any atom is 0.0890 e. The zero-order chi connectivity index (χ0) is 14.0. The molecule has 0 unspecified atom stereocenters. The predicted octanol–water partition coefficient (Wildman–Crippen LogP) is 4.41. The molecule has 1 aromatic heterocycles. The van der Waals surface area contributed by atoms with Crippen molar-refractivity contribution in [2.45, 2.75) is 50.9 Å². The molecule has 2 nitrogen and oxygen atoms in total. The van der Waals surface area contributed by atoms with Crippen LogP contribution in [-0.4, -0.2) is 9.97 Å². The third-order valence-electron chi connectivity index (χ3n) is 6.29. The van der Waals surface area contributed by atoms with Gasteiger partial charge in [-0.1, -0.05) is 12.1 Å². The Kier molecular flexibility index (Phi) is 2.34. The molecule has 0 radical (unpaired) electrons. The molecule has 108 valence electrons. The highest BCUT2D eigenvalue weighted by Gasteiger charge is 2.52. The van der Waals surface area contributed by atoms with Crippen molar-refractivity contribution >= 4 is 11.0 Å². The monoisotopic (exact) mass is 278 g/mol. The number of fused-ring (bicyclic) bond motifs is 1. The Balaban J connectivity index is 1.68. The van der Waals surface area contributed by atoms with Crippen LogP contribution < -0.4 is 0 Å². The third-order valence-corrected chi connectivity index (χ3v) is 6.29. The topological polar surface area (TPSA) is 25.8 Å². The number of aromatic nitrogens is 2. The van der Waals surface area contributed by atoms with Gasteiger partial charge in [-0.2, -0.15) is 0 Å². The smallest absolute Gasteiger partial charge is 0.0890 e. The van der Waals surface area contributed by atoms with Crippen molar-refractivity contribution in [2.24, 2.45) is 17.8 Å². The van der Waals surface area contributed by atoms with Crippen molar-refractivity contribution < 1.29 is 0 Å². The van der Waals surface area contributed by atoms with Crippen LogP contribution in [0.1, 0.15) is 49.9 Å². The summed E-state index contributed by atoms with van der Waals surface area (Å²) in [5, 5.41) is 0. The number of rotatable bonds is 1. The van der Waals surface area contributed by atoms with E-state index in [4.69, 9.17) is 9.97 Å². The van der Waals surface area contributed by atoms with E-state index in [9.17, 15) is 0 Å². The van der Waals surface area contributed by atoms with Gasteiger partial charge in [-0.3, -0.25) is 0 Å².